The predicted molar refractivity (Wildman–Crippen MR) is 133 cm³/mol. The molecule has 4 rings (SSSR count). The predicted octanol–water partition coefficient (Wildman–Crippen LogP) is 5.63. The lowest BCUT2D eigenvalue weighted by molar-refractivity contribution is 0.102. The molecule has 0 aliphatic heterocycles. The minimum absolute atomic E-state index is 0.131. The number of anilines is 1. The van der Waals surface area contributed by atoms with Crippen LogP contribution in [0.15, 0.2) is 83.1 Å². The number of rotatable bonds is 6. The Balaban J connectivity index is 1.51. The zero-order valence-electron chi connectivity index (χ0n) is 17.8. The molecule has 1 heterocycles. The lowest BCUT2D eigenvalue weighted by Gasteiger charge is -2.12. The van der Waals surface area contributed by atoms with Crippen LogP contribution in [0.4, 0.5) is 5.69 Å². The average Bonchev–Trinajstić information content (AvgIpc) is 3.30. The molecule has 0 bridgehead atoms. The number of sulfonamides is 1. The largest absolute Gasteiger partial charge is 0.322 e. The van der Waals surface area contributed by atoms with Crippen molar-refractivity contribution in [2.45, 2.75) is 4.90 Å². The molecule has 168 valence electrons. The van der Waals surface area contributed by atoms with Crippen LogP contribution in [0.5, 0.6) is 0 Å². The van der Waals surface area contributed by atoms with Gasteiger partial charge in [0.15, 0.2) is 0 Å². The molecule has 33 heavy (non-hydrogen) atoms. The van der Waals surface area contributed by atoms with Gasteiger partial charge >= 0.3 is 0 Å². The Labute approximate surface area is 201 Å². The molecule has 0 radical (unpaired) electrons. The Bertz CT molecular complexity index is 1400. The molecular weight excluding hydrogens is 478 g/mol. The Morgan fingerprint density at radius 2 is 1.67 bits per heavy atom. The molecule has 0 spiro atoms. The van der Waals surface area contributed by atoms with Gasteiger partial charge in [0.05, 0.1) is 10.6 Å². The van der Waals surface area contributed by atoms with Gasteiger partial charge in [-0.15, -0.1) is 11.3 Å². The second-order valence-electron chi connectivity index (χ2n) is 7.39. The molecule has 6 nitrogen and oxygen atoms in total. The fourth-order valence-electron chi connectivity index (χ4n) is 3.08. The van der Waals surface area contributed by atoms with Crippen LogP contribution < -0.4 is 5.32 Å². The number of nitrogens with zero attached hydrogens (tertiary/aromatic N) is 2. The van der Waals surface area contributed by atoms with Crippen LogP contribution in [-0.2, 0) is 10.0 Å². The third-order valence-electron chi connectivity index (χ3n) is 4.91. The number of benzene rings is 3. The van der Waals surface area contributed by atoms with E-state index in [1.54, 1.807) is 6.07 Å². The Kier molecular flexibility index (Phi) is 6.62. The molecule has 0 unspecified atom stereocenters. The highest BCUT2D eigenvalue weighted by molar-refractivity contribution is 7.89. The number of aromatic nitrogens is 1. The van der Waals surface area contributed by atoms with Crippen molar-refractivity contribution in [3.05, 3.63) is 88.8 Å². The van der Waals surface area contributed by atoms with Crippen LogP contribution in [-0.4, -0.2) is 37.7 Å². The van der Waals surface area contributed by atoms with E-state index in [0.717, 1.165) is 26.1 Å². The van der Waals surface area contributed by atoms with Gasteiger partial charge in [0.25, 0.3) is 5.91 Å². The van der Waals surface area contributed by atoms with Crippen molar-refractivity contribution in [2.75, 3.05) is 19.4 Å². The maximum atomic E-state index is 12.7. The maximum absolute atomic E-state index is 12.7. The van der Waals surface area contributed by atoms with Crippen molar-refractivity contribution in [3.8, 4) is 21.8 Å². The number of hydrogen-bond acceptors (Lipinski definition) is 5. The summed E-state index contributed by atoms with van der Waals surface area (Å²) >= 11 is 7.49. The molecule has 4 aromatic rings. The first-order valence-corrected chi connectivity index (χ1v) is 12.6. The summed E-state index contributed by atoms with van der Waals surface area (Å²) in [6.07, 6.45) is 0. The van der Waals surface area contributed by atoms with Crippen LogP contribution in [0.2, 0.25) is 5.02 Å². The number of halogens is 1. The summed E-state index contributed by atoms with van der Waals surface area (Å²) in [6.45, 7) is 0. The quantitative estimate of drug-likeness (QED) is 0.374. The summed E-state index contributed by atoms with van der Waals surface area (Å²) in [5.41, 5.74) is 3.64. The van der Waals surface area contributed by atoms with Crippen molar-refractivity contribution in [2.24, 2.45) is 0 Å². The van der Waals surface area contributed by atoms with Gasteiger partial charge in [-0.05, 0) is 48.5 Å². The second-order valence-corrected chi connectivity index (χ2v) is 10.8. The third-order valence-corrected chi connectivity index (χ3v) is 7.88. The molecule has 0 atom stereocenters. The maximum Gasteiger partial charge on any atom is 0.255 e. The fraction of sp³-hybridized carbons (Fsp3) is 0.0833. The van der Waals surface area contributed by atoms with Gasteiger partial charge in [-0.3, -0.25) is 4.79 Å². The Morgan fingerprint density at radius 1 is 0.970 bits per heavy atom. The molecule has 1 amide bonds. The van der Waals surface area contributed by atoms with Crippen LogP contribution in [0, 0.1) is 0 Å². The highest BCUT2D eigenvalue weighted by Crippen LogP contribution is 2.30. The van der Waals surface area contributed by atoms with Gasteiger partial charge in [-0.1, -0.05) is 35.9 Å². The number of carbonyl (C=O) groups is 1. The molecular formula is C24H20ClN3O3S2. The zero-order valence-corrected chi connectivity index (χ0v) is 20.2. The highest BCUT2D eigenvalue weighted by Gasteiger charge is 2.17. The topological polar surface area (TPSA) is 79.4 Å². The lowest BCUT2D eigenvalue weighted by Crippen LogP contribution is -2.22. The molecule has 0 fully saturated rings. The zero-order chi connectivity index (χ0) is 23.6. The van der Waals surface area contributed by atoms with Gasteiger partial charge in [0, 0.05) is 46.9 Å². The summed E-state index contributed by atoms with van der Waals surface area (Å²) in [5, 5.41) is 6.38. The Hall–Kier alpha value is -3.04. The Morgan fingerprint density at radius 3 is 2.33 bits per heavy atom. The van der Waals surface area contributed by atoms with Crippen molar-refractivity contribution in [1.29, 1.82) is 0 Å². The van der Waals surface area contributed by atoms with Crippen molar-refractivity contribution in [1.82, 2.24) is 9.29 Å². The third kappa shape index (κ3) is 5.15. The van der Waals surface area contributed by atoms with Crippen molar-refractivity contribution in [3.63, 3.8) is 0 Å². The first-order valence-electron chi connectivity index (χ1n) is 9.90. The summed E-state index contributed by atoms with van der Waals surface area (Å²) in [5.74, 6) is -0.332. The number of thiazole rings is 1. The van der Waals surface area contributed by atoms with E-state index in [9.17, 15) is 13.2 Å². The first kappa shape index (κ1) is 23.1. The van der Waals surface area contributed by atoms with Crippen LogP contribution >= 0.6 is 22.9 Å². The molecule has 0 aliphatic carbocycles. The van der Waals surface area contributed by atoms with Crippen molar-refractivity contribution >= 4 is 44.6 Å². The van der Waals surface area contributed by atoms with Gasteiger partial charge < -0.3 is 5.32 Å². The van der Waals surface area contributed by atoms with E-state index in [1.165, 1.54) is 49.7 Å². The van der Waals surface area contributed by atoms with E-state index in [1.807, 2.05) is 47.8 Å². The van der Waals surface area contributed by atoms with Gasteiger partial charge in [0.1, 0.15) is 5.01 Å². The molecule has 0 saturated carbocycles. The molecule has 0 aliphatic rings. The molecule has 1 N–H and O–H groups in total. The summed E-state index contributed by atoms with van der Waals surface area (Å²) < 4.78 is 25.5. The molecule has 0 saturated heterocycles. The number of carbonyl (C=O) groups excluding carboxylic acids is 1. The summed E-state index contributed by atoms with van der Waals surface area (Å²) in [6, 6.07) is 20.8. The summed E-state index contributed by atoms with van der Waals surface area (Å²) in [7, 11) is -0.622. The molecule has 3 aromatic carbocycles. The van der Waals surface area contributed by atoms with E-state index in [4.69, 9.17) is 16.6 Å². The number of hydrogen-bond donors (Lipinski definition) is 1. The average molecular weight is 498 g/mol. The smallest absolute Gasteiger partial charge is 0.255 e. The van der Waals surface area contributed by atoms with E-state index in [0.29, 0.717) is 16.3 Å². The lowest BCUT2D eigenvalue weighted by atomic mass is 10.1. The SMILES string of the molecule is CN(C)S(=O)(=O)c1ccc(C(=O)Nc2cccc(-c3csc(-c4ccc(Cl)cc4)n3)c2)cc1. The first-order chi connectivity index (χ1) is 15.7. The highest BCUT2D eigenvalue weighted by atomic mass is 35.5. The van der Waals surface area contributed by atoms with Crippen LogP contribution in [0.3, 0.4) is 0 Å². The molecule has 1 aromatic heterocycles. The minimum atomic E-state index is -3.55. The minimum Gasteiger partial charge on any atom is -0.322 e. The van der Waals surface area contributed by atoms with Gasteiger partial charge in [0.2, 0.25) is 10.0 Å². The van der Waals surface area contributed by atoms with Gasteiger partial charge in [-0.2, -0.15) is 0 Å². The standard InChI is InChI=1S/C24H20ClN3O3S2/c1-28(2)33(30,31)21-12-8-16(9-13-21)23(29)26-20-5-3-4-18(14-20)22-15-32-24(27-22)17-6-10-19(25)11-7-17/h3-15H,1-2H3,(H,26,29). The van der Waals surface area contributed by atoms with E-state index >= 15 is 0 Å². The summed E-state index contributed by atoms with van der Waals surface area (Å²) in [4.78, 5) is 17.5. The number of nitrogens with one attached hydrogen (secondary N) is 1. The van der Waals surface area contributed by atoms with E-state index in [-0.39, 0.29) is 10.8 Å². The van der Waals surface area contributed by atoms with Crippen molar-refractivity contribution < 1.29 is 13.2 Å². The monoisotopic (exact) mass is 497 g/mol. The van der Waals surface area contributed by atoms with E-state index in [2.05, 4.69) is 5.32 Å². The van der Waals surface area contributed by atoms with E-state index < -0.39 is 10.0 Å². The fourth-order valence-corrected chi connectivity index (χ4v) is 4.94. The van der Waals surface area contributed by atoms with Crippen LogP contribution in [0.25, 0.3) is 21.8 Å². The van der Waals surface area contributed by atoms with Crippen LogP contribution in [0.1, 0.15) is 10.4 Å². The second kappa shape index (κ2) is 9.44. The normalized spacial score (nSPS) is 11.5. The molecule has 9 heteroatoms. The van der Waals surface area contributed by atoms with Gasteiger partial charge in [-0.25, -0.2) is 17.7 Å². The number of amides is 1.